The fourth-order valence-corrected chi connectivity index (χ4v) is 1.75. The summed E-state index contributed by atoms with van der Waals surface area (Å²) in [5.74, 6) is 0. The molecule has 0 fully saturated rings. The summed E-state index contributed by atoms with van der Waals surface area (Å²) in [5, 5.41) is 4.00. The van der Waals surface area contributed by atoms with Gasteiger partial charge in [0.2, 0.25) is 0 Å². The summed E-state index contributed by atoms with van der Waals surface area (Å²) in [7, 11) is 0. The molecule has 0 N–H and O–H groups in total. The van der Waals surface area contributed by atoms with Gasteiger partial charge in [-0.3, -0.25) is 0 Å². The van der Waals surface area contributed by atoms with Crippen molar-refractivity contribution in [3.63, 3.8) is 0 Å². The van der Waals surface area contributed by atoms with Crippen molar-refractivity contribution in [1.29, 1.82) is 0 Å². The van der Waals surface area contributed by atoms with E-state index in [1.165, 1.54) is 17.4 Å². The first-order valence-electron chi connectivity index (χ1n) is 4.79. The summed E-state index contributed by atoms with van der Waals surface area (Å²) in [5.41, 5.74) is 3.90. The Hall–Kier alpha value is -1.57. The fourth-order valence-electron chi connectivity index (χ4n) is 1.75. The number of hydrogen-bond acceptors (Lipinski definition) is 2. The van der Waals surface area contributed by atoms with Crippen LogP contribution in [0.3, 0.4) is 0 Å². The Morgan fingerprint density at radius 2 is 2.00 bits per heavy atom. The van der Waals surface area contributed by atoms with E-state index in [4.69, 9.17) is 4.84 Å². The van der Waals surface area contributed by atoms with Crippen molar-refractivity contribution < 1.29 is 4.84 Å². The molecule has 1 aliphatic carbocycles. The van der Waals surface area contributed by atoms with Crippen LogP contribution in [0.15, 0.2) is 42.3 Å². The van der Waals surface area contributed by atoms with E-state index in [9.17, 15) is 0 Å². The zero-order valence-corrected chi connectivity index (χ0v) is 8.07. The van der Waals surface area contributed by atoms with E-state index in [0.29, 0.717) is 0 Å². The van der Waals surface area contributed by atoms with Crippen molar-refractivity contribution in [2.75, 3.05) is 0 Å². The molecule has 2 rings (SSSR count). The van der Waals surface area contributed by atoms with Gasteiger partial charge in [0.25, 0.3) is 0 Å². The summed E-state index contributed by atoms with van der Waals surface area (Å²) in [4.78, 5) is 4.84. The van der Waals surface area contributed by atoms with E-state index >= 15 is 0 Å². The van der Waals surface area contributed by atoms with Crippen LogP contribution in [0.1, 0.15) is 17.5 Å². The van der Waals surface area contributed by atoms with E-state index in [0.717, 1.165) is 25.0 Å². The van der Waals surface area contributed by atoms with Gasteiger partial charge in [-0.15, -0.1) is 0 Å². The van der Waals surface area contributed by atoms with Gasteiger partial charge < -0.3 is 4.84 Å². The summed E-state index contributed by atoms with van der Waals surface area (Å²) in [6, 6.07) is 8.48. The van der Waals surface area contributed by atoms with Gasteiger partial charge in [0, 0.05) is 6.42 Å². The number of nitrogens with zero attached hydrogens (tertiary/aromatic N) is 1. The SMILES string of the molecule is C=CO/N=C1/CCc2ccccc2C1. The van der Waals surface area contributed by atoms with Gasteiger partial charge in [-0.25, -0.2) is 0 Å². The summed E-state index contributed by atoms with van der Waals surface area (Å²) >= 11 is 0. The van der Waals surface area contributed by atoms with Crippen LogP contribution in [0.2, 0.25) is 0 Å². The van der Waals surface area contributed by atoms with Crippen LogP contribution in [0, 0.1) is 0 Å². The molecule has 2 heteroatoms. The number of hydrogen-bond donors (Lipinski definition) is 0. The quantitative estimate of drug-likeness (QED) is 0.515. The Morgan fingerprint density at radius 1 is 1.21 bits per heavy atom. The van der Waals surface area contributed by atoms with Gasteiger partial charge in [0.1, 0.15) is 6.26 Å². The lowest BCUT2D eigenvalue weighted by Gasteiger charge is -2.16. The number of benzene rings is 1. The maximum Gasteiger partial charge on any atom is 0.114 e. The molecule has 1 aromatic rings. The Bertz CT molecular complexity index is 368. The number of oxime groups is 1. The van der Waals surface area contributed by atoms with Crippen LogP contribution < -0.4 is 0 Å². The van der Waals surface area contributed by atoms with Crippen molar-refractivity contribution >= 4 is 5.71 Å². The van der Waals surface area contributed by atoms with Crippen LogP contribution in [-0.4, -0.2) is 5.71 Å². The highest BCUT2D eigenvalue weighted by molar-refractivity contribution is 5.88. The summed E-state index contributed by atoms with van der Waals surface area (Å²) < 4.78 is 0. The second-order valence-corrected chi connectivity index (χ2v) is 3.38. The van der Waals surface area contributed by atoms with Crippen molar-refractivity contribution in [3.8, 4) is 0 Å². The molecule has 0 saturated carbocycles. The molecule has 0 saturated heterocycles. The Labute approximate surface area is 83.9 Å². The molecule has 2 nitrogen and oxygen atoms in total. The molecule has 0 radical (unpaired) electrons. The average Bonchev–Trinajstić information content (AvgIpc) is 2.26. The minimum atomic E-state index is 0.907. The minimum absolute atomic E-state index is 0.907. The molecule has 0 spiro atoms. The maximum atomic E-state index is 4.84. The van der Waals surface area contributed by atoms with E-state index < -0.39 is 0 Å². The molecule has 0 bridgehead atoms. The molecular formula is C12H13NO. The first-order valence-corrected chi connectivity index (χ1v) is 4.79. The number of fused-ring (bicyclic) bond motifs is 1. The zero-order valence-electron chi connectivity index (χ0n) is 8.07. The predicted octanol–water partition coefficient (Wildman–Crippen LogP) is 2.69. The third-order valence-electron chi connectivity index (χ3n) is 2.45. The van der Waals surface area contributed by atoms with Crippen molar-refractivity contribution in [1.82, 2.24) is 0 Å². The second kappa shape index (κ2) is 4.09. The largest absolute Gasteiger partial charge is 0.366 e. The minimum Gasteiger partial charge on any atom is -0.366 e. The van der Waals surface area contributed by atoms with Gasteiger partial charge in [-0.05, 0) is 24.0 Å². The molecule has 1 aromatic carbocycles. The van der Waals surface area contributed by atoms with Gasteiger partial charge in [0.15, 0.2) is 0 Å². The lowest BCUT2D eigenvalue weighted by Crippen LogP contribution is -2.13. The summed E-state index contributed by atoms with van der Waals surface area (Å²) in [6.07, 6.45) is 4.32. The van der Waals surface area contributed by atoms with Crippen molar-refractivity contribution in [3.05, 3.63) is 48.2 Å². The molecule has 1 aliphatic rings. The molecule has 0 aliphatic heterocycles. The molecule has 0 aromatic heterocycles. The second-order valence-electron chi connectivity index (χ2n) is 3.38. The maximum absolute atomic E-state index is 4.84. The van der Waals surface area contributed by atoms with Crippen LogP contribution in [0.5, 0.6) is 0 Å². The molecular weight excluding hydrogens is 174 g/mol. The topological polar surface area (TPSA) is 21.6 Å². The van der Waals surface area contributed by atoms with E-state index in [1.807, 2.05) is 0 Å². The van der Waals surface area contributed by atoms with Gasteiger partial charge in [-0.1, -0.05) is 36.0 Å². The van der Waals surface area contributed by atoms with Gasteiger partial charge >= 0.3 is 0 Å². The third-order valence-corrected chi connectivity index (χ3v) is 2.45. The monoisotopic (exact) mass is 187 g/mol. The summed E-state index contributed by atoms with van der Waals surface area (Å²) in [6.45, 7) is 3.46. The van der Waals surface area contributed by atoms with E-state index in [1.54, 1.807) is 0 Å². The standard InChI is InChI=1S/C12H13NO/c1-2-14-13-12-8-7-10-5-3-4-6-11(10)9-12/h2-6H,1,7-9H2/b13-12-. The van der Waals surface area contributed by atoms with Crippen molar-refractivity contribution in [2.24, 2.45) is 5.16 Å². The molecule has 0 atom stereocenters. The first-order chi connectivity index (χ1) is 6.90. The Kier molecular flexibility index (Phi) is 2.63. The van der Waals surface area contributed by atoms with Crippen LogP contribution in [-0.2, 0) is 17.7 Å². The highest BCUT2D eigenvalue weighted by atomic mass is 16.6. The van der Waals surface area contributed by atoms with Crippen LogP contribution in [0.4, 0.5) is 0 Å². The third kappa shape index (κ3) is 1.84. The average molecular weight is 187 g/mol. The molecule has 0 heterocycles. The zero-order chi connectivity index (χ0) is 9.80. The first kappa shape index (κ1) is 9.00. The van der Waals surface area contributed by atoms with Crippen LogP contribution >= 0.6 is 0 Å². The normalized spacial score (nSPS) is 17.6. The molecule has 0 unspecified atom stereocenters. The van der Waals surface area contributed by atoms with Gasteiger partial charge in [-0.2, -0.15) is 0 Å². The number of rotatable bonds is 2. The molecule has 72 valence electrons. The molecule has 14 heavy (non-hydrogen) atoms. The number of aryl methyl sites for hydroxylation is 1. The smallest absolute Gasteiger partial charge is 0.114 e. The van der Waals surface area contributed by atoms with E-state index in [2.05, 4.69) is 36.0 Å². The highest BCUT2D eigenvalue weighted by Crippen LogP contribution is 2.19. The van der Waals surface area contributed by atoms with Crippen molar-refractivity contribution in [2.45, 2.75) is 19.3 Å². The van der Waals surface area contributed by atoms with Crippen LogP contribution in [0.25, 0.3) is 0 Å². The van der Waals surface area contributed by atoms with E-state index in [-0.39, 0.29) is 0 Å². The lowest BCUT2D eigenvalue weighted by atomic mass is 9.91. The Morgan fingerprint density at radius 3 is 2.79 bits per heavy atom. The molecule has 0 amide bonds. The highest BCUT2D eigenvalue weighted by Gasteiger charge is 2.13. The lowest BCUT2D eigenvalue weighted by molar-refractivity contribution is 0.267. The Balaban J connectivity index is 2.17. The predicted molar refractivity (Wildman–Crippen MR) is 57.2 cm³/mol. The fraction of sp³-hybridized carbons (Fsp3) is 0.250. The van der Waals surface area contributed by atoms with Gasteiger partial charge in [0.05, 0.1) is 5.71 Å².